The molecule has 2 fully saturated rings. The van der Waals surface area contributed by atoms with Crippen LogP contribution < -0.4 is 0 Å². The average molecular weight is 378 g/mol. The molecule has 2 aliphatic rings. The van der Waals surface area contributed by atoms with Gasteiger partial charge in [0.15, 0.2) is 6.29 Å². The van der Waals surface area contributed by atoms with Crippen LogP contribution in [-0.4, -0.2) is 56.4 Å². The van der Waals surface area contributed by atoms with E-state index in [2.05, 4.69) is 0 Å². The molecule has 1 aromatic carbocycles. The predicted molar refractivity (Wildman–Crippen MR) is 92.3 cm³/mol. The van der Waals surface area contributed by atoms with Crippen LogP contribution in [-0.2, 0) is 20.7 Å². The molecule has 0 saturated carbocycles. The Labute approximate surface area is 155 Å². The Bertz CT molecular complexity index is 759. The second-order valence-electron chi connectivity index (χ2n) is 7.52. The number of hydrogen-bond donors (Lipinski definition) is 2. The Hall–Kier alpha value is -2.36. The van der Waals surface area contributed by atoms with E-state index in [0.717, 1.165) is 0 Å². The van der Waals surface area contributed by atoms with Gasteiger partial charge in [-0.3, -0.25) is 19.7 Å². The minimum atomic E-state index is -2.68. The number of nitro benzene ring substituents is 1. The molecule has 0 aliphatic carbocycles. The molecule has 0 aromatic heterocycles. The number of nitrogens with zero attached hydrogens (tertiary/aromatic N) is 2. The number of nitro groups is 1. The monoisotopic (exact) mass is 378 g/mol. The van der Waals surface area contributed by atoms with Crippen LogP contribution in [0.1, 0.15) is 25.8 Å². The maximum absolute atomic E-state index is 12.8. The minimum absolute atomic E-state index is 0.0196. The number of carbonyl (C=O) groups is 2. The second kappa shape index (κ2) is 6.66. The molecule has 3 unspecified atom stereocenters. The summed E-state index contributed by atoms with van der Waals surface area (Å²) in [6.45, 7) is 3.96. The van der Waals surface area contributed by atoms with Crippen molar-refractivity contribution in [2.24, 2.45) is 11.8 Å². The van der Waals surface area contributed by atoms with Gasteiger partial charge < -0.3 is 19.8 Å². The molecule has 146 valence electrons. The molecule has 0 bridgehead atoms. The number of benzene rings is 1. The van der Waals surface area contributed by atoms with Gasteiger partial charge in [0.2, 0.25) is 11.7 Å². The summed E-state index contributed by atoms with van der Waals surface area (Å²) in [5, 5.41) is 31.3. The third-order valence-electron chi connectivity index (χ3n) is 5.47. The van der Waals surface area contributed by atoms with Gasteiger partial charge in [-0.05, 0) is 32.3 Å². The summed E-state index contributed by atoms with van der Waals surface area (Å²) in [6.07, 6.45) is 0.584. The highest BCUT2D eigenvalue weighted by atomic mass is 16.6. The lowest BCUT2D eigenvalue weighted by Gasteiger charge is -2.59. The van der Waals surface area contributed by atoms with E-state index in [9.17, 15) is 29.9 Å². The fourth-order valence-electron chi connectivity index (χ4n) is 4.12. The van der Waals surface area contributed by atoms with Crippen LogP contribution in [0.4, 0.5) is 5.69 Å². The van der Waals surface area contributed by atoms with Crippen LogP contribution >= 0.6 is 0 Å². The van der Waals surface area contributed by atoms with Gasteiger partial charge in [0.25, 0.3) is 5.69 Å². The molecule has 1 aromatic rings. The molecule has 9 nitrogen and oxygen atoms in total. The molecule has 0 spiro atoms. The first kappa shape index (κ1) is 19.4. The molecule has 2 heterocycles. The summed E-state index contributed by atoms with van der Waals surface area (Å²) in [5.74, 6) is -4.80. The SMILES string of the molecule is CC1(C)OCCC2C(C(Cc3ccc([N+](=O)[O-])cc3)C(O)(O)C=O)C(=O)N21. The van der Waals surface area contributed by atoms with Crippen LogP contribution in [0.3, 0.4) is 0 Å². The molecule has 2 aliphatic heterocycles. The molecule has 1 amide bonds. The minimum Gasteiger partial charge on any atom is -0.360 e. The van der Waals surface area contributed by atoms with E-state index < -0.39 is 28.3 Å². The molecule has 27 heavy (non-hydrogen) atoms. The second-order valence-corrected chi connectivity index (χ2v) is 7.52. The number of aliphatic hydroxyl groups is 2. The Balaban J connectivity index is 1.88. The van der Waals surface area contributed by atoms with Crippen LogP contribution in [0.25, 0.3) is 0 Å². The smallest absolute Gasteiger partial charge is 0.269 e. The van der Waals surface area contributed by atoms with E-state index in [0.29, 0.717) is 18.6 Å². The van der Waals surface area contributed by atoms with Crippen molar-refractivity contribution in [1.29, 1.82) is 0 Å². The van der Waals surface area contributed by atoms with Crippen LogP contribution in [0.15, 0.2) is 24.3 Å². The lowest BCUT2D eigenvalue weighted by molar-refractivity contribution is -0.384. The standard InChI is InChI=1S/C18H22N2O7/c1-17(2)19-14(7-8-27-17)15(16(19)22)13(18(23,24)10-21)9-11-3-5-12(6-4-11)20(25)26/h3-6,10,13-15,23-24H,7-9H2,1-2H3. The van der Waals surface area contributed by atoms with Crippen molar-refractivity contribution in [2.45, 2.75) is 44.2 Å². The first-order valence-electron chi connectivity index (χ1n) is 8.70. The predicted octanol–water partition coefficient (Wildman–Crippen LogP) is 0.617. The van der Waals surface area contributed by atoms with E-state index in [1.165, 1.54) is 24.3 Å². The summed E-state index contributed by atoms with van der Waals surface area (Å²) < 4.78 is 5.61. The molecule has 3 atom stereocenters. The van der Waals surface area contributed by atoms with Gasteiger partial charge in [-0.15, -0.1) is 0 Å². The van der Waals surface area contributed by atoms with Crippen molar-refractivity contribution < 1.29 is 29.5 Å². The zero-order valence-electron chi connectivity index (χ0n) is 15.1. The van der Waals surface area contributed by atoms with E-state index in [1.807, 2.05) is 0 Å². The lowest BCUT2D eigenvalue weighted by atomic mass is 9.69. The molecule has 2 N–H and O–H groups in total. The number of amides is 1. The first-order valence-corrected chi connectivity index (χ1v) is 8.70. The molecule has 9 heteroatoms. The quantitative estimate of drug-likeness (QED) is 0.244. The van der Waals surface area contributed by atoms with Gasteiger partial charge in [0.1, 0.15) is 5.72 Å². The normalized spacial score (nSPS) is 25.3. The number of hydrogen-bond acceptors (Lipinski definition) is 7. The van der Waals surface area contributed by atoms with E-state index >= 15 is 0 Å². The van der Waals surface area contributed by atoms with Gasteiger partial charge in [-0.2, -0.15) is 0 Å². The molecular weight excluding hydrogens is 356 g/mol. The average Bonchev–Trinajstić information content (AvgIpc) is 2.60. The van der Waals surface area contributed by atoms with Crippen molar-refractivity contribution in [3.8, 4) is 0 Å². The maximum atomic E-state index is 12.8. The van der Waals surface area contributed by atoms with Crippen molar-refractivity contribution in [2.75, 3.05) is 6.61 Å². The lowest BCUT2D eigenvalue weighted by Crippen LogP contribution is -2.74. The van der Waals surface area contributed by atoms with E-state index in [-0.39, 0.29) is 30.3 Å². The third kappa shape index (κ3) is 3.33. The van der Waals surface area contributed by atoms with E-state index in [1.54, 1.807) is 18.7 Å². The van der Waals surface area contributed by atoms with E-state index in [4.69, 9.17) is 4.74 Å². The summed E-state index contributed by atoms with van der Waals surface area (Å²) in [4.78, 5) is 35.9. The van der Waals surface area contributed by atoms with Crippen molar-refractivity contribution in [1.82, 2.24) is 4.90 Å². The van der Waals surface area contributed by atoms with Crippen molar-refractivity contribution in [3.63, 3.8) is 0 Å². The highest BCUT2D eigenvalue weighted by molar-refractivity contribution is 5.88. The van der Waals surface area contributed by atoms with Gasteiger partial charge in [0.05, 0.1) is 17.4 Å². The van der Waals surface area contributed by atoms with Crippen molar-refractivity contribution in [3.05, 3.63) is 39.9 Å². The number of β-lactam (4-membered cyclic amide) rings is 1. The zero-order chi connectivity index (χ0) is 20.0. The number of carbonyl (C=O) groups excluding carboxylic acids is 2. The number of non-ortho nitro benzene ring substituents is 1. The van der Waals surface area contributed by atoms with Crippen LogP contribution in [0.5, 0.6) is 0 Å². The number of rotatable bonds is 6. The molecule has 0 radical (unpaired) electrons. The van der Waals surface area contributed by atoms with Gasteiger partial charge in [-0.25, -0.2) is 0 Å². The number of fused-ring (bicyclic) bond motifs is 1. The highest BCUT2D eigenvalue weighted by Gasteiger charge is 2.61. The fourth-order valence-corrected chi connectivity index (χ4v) is 4.12. The summed E-state index contributed by atoms with van der Waals surface area (Å²) in [7, 11) is 0. The van der Waals surface area contributed by atoms with Crippen LogP contribution in [0.2, 0.25) is 0 Å². The fraction of sp³-hybridized carbons (Fsp3) is 0.556. The Kier molecular flexibility index (Phi) is 4.79. The maximum Gasteiger partial charge on any atom is 0.269 e. The summed E-state index contributed by atoms with van der Waals surface area (Å²) in [6, 6.07) is 5.32. The third-order valence-corrected chi connectivity index (χ3v) is 5.47. The van der Waals surface area contributed by atoms with Gasteiger partial charge >= 0.3 is 0 Å². The Morgan fingerprint density at radius 3 is 2.59 bits per heavy atom. The zero-order valence-corrected chi connectivity index (χ0v) is 15.1. The molecule has 3 rings (SSSR count). The largest absolute Gasteiger partial charge is 0.360 e. The Morgan fingerprint density at radius 2 is 2.04 bits per heavy atom. The molecular formula is C18H22N2O7. The van der Waals surface area contributed by atoms with Gasteiger partial charge in [-0.1, -0.05) is 12.1 Å². The van der Waals surface area contributed by atoms with Gasteiger partial charge in [0, 0.05) is 24.1 Å². The Morgan fingerprint density at radius 1 is 1.41 bits per heavy atom. The summed E-state index contributed by atoms with van der Waals surface area (Å²) in [5.41, 5.74) is -0.317. The number of aldehydes is 1. The topological polar surface area (TPSA) is 130 Å². The van der Waals surface area contributed by atoms with Crippen LogP contribution in [0, 0.1) is 22.0 Å². The highest BCUT2D eigenvalue weighted by Crippen LogP contribution is 2.46. The number of ether oxygens (including phenoxy) is 1. The first-order chi connectivity index (χ1) is 12.6. The summed E-state index contributed by atoms with van der Waals surface area (Å²) >= 11 is 0. The molecule has 2 saturated heterocycles. The van der Waals surface area contributed by atoms with Crippen molar-refractivity contribution >= 4 is 17.9 Å².